The van der Waals surface area contributed by atoms with Gasteiger partial charge in [-0.3, -0.25) is 9.78 Å². The summed E-state index contributed by atoms with van der Waals surface area (Å²) in [7, 11) is 0. The van der Waals surface area contributed by atoms with Gasteiger partial charge >= 0.3 is 5.97 Å². The van der Waals surface area contributed by atoms with Gasteiger partial charge in [0.2, 0.25) is 0 Å². The predicted octanol–water partition coefficient (Wildman–Crippen LogP) is 3.44. The van der Waals surface area contributed by atoms with Gasteiger partial charge in [0.15, 0.2) is 0 Å². The van der Waals surface area contributed by atoms with Gasteiger partial charge < -0.3 is 5.11 Å². The third-order valence-corrected chi connectivity index (χ3v) is 3.25. The van der Waals surface area contributed by atoms with E-state index in [4.69, 9.17) is 5.11 Å². The first-order valence-corrected chi connectivity index (χ1v) is 6.92. The summed E-state index contributed by atoms with van der Waals surface area (Å²) >= 11 is 0. The van der Waals surface area contributed by atoms with Crippen molar-refractivity contribution >= 4 is 5.97 Å². The molecule has 22 heavy (non-hydrogen) atoms. The molecule has 0 amide bonds. The zero-order valence-corrected chi connectivity index (χ0v) is 11.8. The molecule has 0 saturated heterocycles. The molecule has 0 atom stereocenters. The van der Waals surface area contributed by atoms with E-state index in [1.165, 1.54) is 6.20 Å². The van der Waals surface area contributed by atoms with E-state index in [9.17, 15) is 4.79 Å². The summed E-state index contributed by atoms with van der Waals surface area (Å²) in [6.45, 7) is 0. The molecule has 0 saturated carbocycles. The molecule has 0 aliphatic heterocycles. The Morgan fingerprint density at radius 1 is 0.864 bits per heavy atom. The van der Waals surface area contributed by atoms with E-state index in [2.05, 4.69) is 9.97 Å². The number of carboxylic acid groups (broad SMARTS) is 1. The number of hydrogen-bond donors (Lipinski definition) is 1. The molecular formula is C18H14N2O2. The lowest BCUT2D eigenvalue weighted by atomic mass is 10.0. The van der Waals surface area contributed by atoms with Crippen LogP contribution in [0.2, 0.25) is 0 Å². The van der Waals surface area contributed by atoms with Crippen molar-refractivity contribution in [2.45, 2.75) is 6.42 Å². The maximum absolute atomic E-state index is 10.9. The normalized spacial score (nSPS) is 10.4. The maximum Gasteiger partial charge on any atom is 0.309 e. The second-order valence-electron chi connectivity index (χ2n) is 4.86. The van der Waals surface area contributed by atoms with E-state index >= 15 is 0 Å². The fraction of sp³-hybridized carbons (Fsp3) is 0.0556. The van der Waals surface area contributed by atoms with Gasteiger partial charge in [-0.05, 0) is 0 Å². The highest BCUT2D eigenvalue weighted by Crippen LogP contribution is 2.28. The highest BCUT2D eigenvalue weighted by atomic mass is 16.4. The molecule has 4 heteroatoms. The first-order chi connectivity index (χ1) is 10.7. The molecule has 1 N–H and O–H groups in total. The summed E-state index contributed by atoms with van der Waals surface area (Å²) in [5, 5.41) is 8.95. The number of aliphatic carboxylic acids is 1. The van der Waals surface area contributed by atoms with Crippen LogP contribution in [-0.2, 0) is 11.2 Å². The second-order valence-corrected chi connectivity index (χ2v) is 4.86. The molecule has 1 heterocycles. The molecule has 3 aromatic rings. The lowest BCUT2D eigenvalue weighted by molar-refractivity contribution is -0.136. The molecule has 2 aromatic carbocycles. The number of aromatic nitrogens is 2. The van der Waals surface area contributed by atoms with Crippen LogP contribution in [0, 0.1) is 0 Å². The van der Waals surface area contributed by atoms with Crippen molar-refractivity contribution in [3.8, 4) is 22.5 Å². The van der Waals surface area contributed by atoms with Crippen molar-refractivity contribution < 1.29 is 9.90 Å². The Labute approximate surface area is 128 Å². The average molecular weight is 290 g/mol. The summed E-state index contributed by atoms with van der Waals surface area (Å²) in [6, 6.07) is 19.4. The Kier molecular flexibility index (Phi) is 3.92. The van der Waals surface area contributed by atoms with E-state index in [-0.39, 0.29) is 6.42 Å². The number of carbonyl (C=O) groups is 1. The first-order valence-electron chi connectivity index (χ1n) is 6.92. The highest BCUT2D eigenvalue weighted by molar-refractivity contribution is 5.78. The Morgan fingerprint density at radius 2 is 1.41 bits per heavy atom. The molecule has 0 fully saturated rings. The molecule has 4 nitrogen and oxygen atoms in total. The second kappa shape index (κ2) is 6.18. The SMILES string of the molecule is O=C(O)Cc1cnc(-c2ccccc2)c(-c2ccccc2)n1. The quantitative estimate of drug-likeness (QED) is 0.799. The third kappa shape index (κ3) is 3.01. The number of hydrogen-bond acceptors (Lipinski definition) is 3. The molecule has 0 bridgehead atoms. The summed E-state index contributed by atoms with van der Waals surface area (Å²) in [5.41, 5.74) is 3.77. The largest absolute Gasteiger partial charge is 0.481 e. The molecule has 3 rings (SSSR count). The van der Waals surface area contributed by atoms with Gasteiger partial charge in [0.1, 0.15) is 0 Å². The summed E-state index contributed by atoms with van der Waals surface area (Å²) in [4.78, 5) is 19.9. The Morgan fingerprint density at radius 3 is 1.95 bits per heavy atom. The van der Waals surface area contributed by atoms with Gasteiger partial charge in [0.25, 0.3) is 0 Å². The minimum Gasteiger partial charge on any atom is -0.481 e. The van der Waals surface area contributed by atoms with Crippen molar-refractivity contribution in [1.82, 2.24) is 9.97 Å². The number of carboxylic acids is 1. The van der Waals surface area contributed by atoms with Crippen LogP contribution < -0.4 is 0 Å². The van der Waals surface area contributed by atoms with Gasteiger partial charge in [0.05, 0.1) is 23.5 Å². The monoisotopic (exact) mass is 290 g/mol. The minimum atomic E-state index is -0.916. The lowest BCUT2D eigenvalue weighted by Crippen LogP contribution is -2.05. The molecule has 0 radical (unpaired) electrons. The maximum atomic E-state index is 10.9. The van der Waals surface area contributed by atoms with Gasteiger partial charge in [-0.2, -0.15) is 0 Å². The van der Waals surface area contributed by atoms with Crippen LogP contribution in [-0.4, -0.2) is 21.0 Å². The Hall–Kier alpha value is -3.01. The molecule has 0 aliphatic rings. The minimum absolute atomic E-state index is 0.137. The van der Waals surface area contributed by atoms with Crippen molar-refractivity contribution in [1.29, 1.82) is 0 Å². The molecule has 1 aromatic heterocycles. The van der Waals surface area contributed by atoms with E-state index in [1.54, 1.807) is 0 Å². The number of nitrogens with zero attached hydrogens (tertiary/aromatic N) is 2. The first kappa shape index (κ1) is 13.9. The fourth-order valence-corrected chi connectivity index (χ4v) is 2.27. The van der Waals surface area contributed by atoms with E-state index in [1.807, 2.05) is 60.7 Å². The average Bonchev–Trinajstić information content (AvgIpc) is 2.56. The van der Waals surface area contributed by atoms with Crippen LogP contribution in [0.5, 0.6) is 0 Å². The molecule has 0 aliphatic carbocycles. The third-order valence-electron chi connectivity index (χ3n) is 3.25. The molecule has 0 unspecified atom stereocenters. The molecular weight excluding hydrogens is 276 g/mol. The van der Waals surface area contributed by atoms with E-state index in [0.717, 1.165) is 16.8 Å². The van der Waals surface area contributed by atoms with Crippen molar-refractivity contribution in [3.63, 3.8) is 0 Å². The van der Waals surface area contributed by atoms with Gasteiger partial charge in [-0.1, -0.05) is 60.7 Å². The van der Waals surface area contributed by atoms with Crippen LogP contribution in [0.1, 0.15) is 5.69 Å². The topological polar surface area (TPSA) is 63.1 Å². The van der Waals surface area contributed by atoms with Gasteiger partial charge in [-0.25, -0.2) is 4.98 Å². The highest BCUT2D eigenvalue weighted by Gasteiger charge is 2.13. The zero-order valence-electron chi connectivity index (χ0n) is 11.8. The van der Waals surface area contributed by atoms with Crippen LogP contribution in [0.25, 0.3) is 22.5 Å². The van der Waals surface area contributed by atoms with Crippen LogP contribution >= 0.6 is 0 Å². The van der Waals surface area contributed by atoms with E-state index in [0.29, 0.717) is 11.4 Å². The van der Waals surface area contributed by atoms with E-state index < -0.39 is 5.97 Å². The Balaban J connectivity index is 2.15. The fourth-order valence-electron chi connectivity index (χ4n) is 2.27. The van der Waals surface area contributed by atoms with Gasteiger partial charge in [-0.15, -0.1) is 0 Å². The lowest BCUT2D eigenvalue weighted by Gasteiger charge is -2.10. The van der Waals surface area contributed by atoms with Crippen LogP contribution in [0.4, 0.5) is 0 Å². The summed E-state index contributed by atoms with van der Waals surface area (Å²) < 4.78 is 0. The zero-order chi connectivity index (χ0) is 15.4. The predicted molar refractivity (Wildman–Crippen MR) is 84.2 cm³/mol. The van der Waals surface area contributed by atoms with Crippen molar-refractivity contribution in [2.75, 3.05) is 0 Å². The number of benzene rings is 2. The number of rotatable bonds is 4. The standard InChI is InChI=1S/C18H14N2O2/c21-16(22)11-15-12-19-17(13-7-3-1-4-8-13)18(20-15)14-9-5-2-6-10-14/h1-10,12H,11H2,(H,21,22). The summed E-state index contributed by atoms with van der Waals surface area (Å²) in [5.74, 6) is -0.916. The summed E-state index contributed by atoms with van der Waals surface area (Å²) in [6.07, 6.45) is 1.39. The van der Waals surface area contributed by atoms with Gasteiger partial charge in [0, 0.05) is 17.3 Å². The van der Waals surface area contributed by atoms with Crippen molar-refractivity contribution in [3.05, 3.63) is 72.6 Å². The van der Waals surface area contributed by atoms with Crippen LogP contribution in [0.15, 0.2) is 66.9 Å². The smallest absolute Gasteiger partial charge is 0.309 e. The van der Waals surface area contributed by atoms with Crippen LogP contribution in [0.3, 0.4) is 0 Å². The molecule has 108 valence electrons. The van der Waals surface area contributed by atoms with Crippen molar-refractivity contribution in [2.24, 2.45) is 0 Å². The molecule has 0 spiro atoms. The Bertz CT molecular complexity index is 787.